The second-order valence-electron chi connectivity index (χ2n) is 5.77. The van der Waals surface area contributed by atoms with E-state index in [1.165, 1.54) is 29.3 Å². The van der Waals surface area contributed by atoms with Gasteiger partial charge in [0.1, 0.15) is 5.82 Å². The van der Waals surface area contributed by atoms with Crippen molar-refractivity contribution < 1.29 is 9.18 Å². The molecule has 0 bridgehead atoms. The maximum absolute atomic E-state index is 13.2. The van der Waals surface area contributed by atoms with E-state index in [2.05, 4.69) is 24.4 Å². The van der Waals surface area contributed by atoms with Gasteiger partial charge in [0.25, 0.3) is 0 Å². The van der Waals surface area contributed by atoms with Crippen LogP contribution in [0.3, 0.4) is 0 Å². The molecule has 2 aromatic rings. The van der Waals surface area contributed by atoms with Gasteiger partial charge in [0.2, 0.25) is 0 Å². The predicted molar refractivity (Wildman–Crippen MR) is 90.3 cm³/mol. The van der Waals surface area contributed by atoms with Crippen LogP contribution in [0.5, 0.6) is 0 Å². The zero-order chi connectivity index (χ0) is 16.4. The van der Waals surface area contributed by atoms with Gasteiger partial charge in [-0.25, -0.2) is 9.18 Å². The molecule has 2 aromatic carbocycles. The standard InChI is InChI=1S/C18H18ClFN2O/c1-12-5-2-3-6-14(12)17-7-4-10-22(17)18(23)21-13-8-9-16(20)15(19)11-13/h2-3,5-6,8-9,11,17H,4,7,10H2,1H3,(H,21,23)/t17-/m1/s1. The number of rotatable bonds is 2. The lowest BCUT2D eigenvalue weighted by Crippen LogP contribution is -2.34. The Bertz CT molecular complexity index is 735. The lowest BCUT2D eigenvalue weighted by Gasteiger charge is -2.26. The van der Waals surface area contributed by atoms with Crippen LogP contribution in [0.2, 0.25) is 5.02 Å². The normalized spacial score (nSPS) is 17.3. The first kappa shape index (κ1) is 15.8. The average molecular weight is 333 g/mol. The Labute approximate surface area is 140 Å². The second-order valence-corrected chi connectivity index (χ2v) is 6.17. The number of anilines is 1. The zero-order valence-electron chi connectivity index (χ0n) is 12.9. The fraction of sp³-hybridized carbons (Fsp3) is 0.278. The molecule has 1 aliphatic heterocycles. The van der Waals surface area contributed by atoms with Gasteiger partial charge in [-0.15, -0.1) is 0 Å². The molecule has 3 rings (SSSR count). The molecule has 0 aliphatic carbocycles. The van der Waals surface area contributed by atoms with Gasteiger partial charge >= 0.3 is 6.03 Å². The monoisotopic (exact) mass is 332 g/mol. The number of carbonyl (C=O) groups is 1. The molecule has 3 nitrogen and oxygen atoms in total. The van der Waals surface area contributed by atoms with Crippen molar-refractivity contribution in [1.29, 1.82) is 0 Å². The number of nitrogens with one attached hydrogen (secondary N) is 1. The van der Waals surface area contributed by atoms with Crippen LogP contribution >= 0.6 is 11.6 Å². The molecule has 1 N–H and O–H groups in total. The summed E-state index contributed by atoms with van der Waals surface area (Å²) < 4.78 is 13.2. The van der Waals surface area contributed by atoms with Gasteiger partial charge in [-0.05, 0) is 49.1 Å². The summed E-state index contributed by atoms with van der Waals surface area (Å²) in [6.45, 7) is 2.77. The van der Waals surface area contributed by atoms with Crippen LogP contribution in [0.15, 0.2) is 42.5 Å². The molecule has 0 radical (unpaired) electrons. The minimum atomic E-state index is -0.497. The lowest BCUT2D eigenvalue weighted by atomic mass is 9.99. The number of urea groups is 1. The van der Waals surface area contributed by atoms with Crippen molar-refractivity contribution in [1.82, 2.24) is 4.90 Å². The van der Waals surface area contributed by atoms with Crippen molar-refractivity contribution in [2.24, 2.45) is 0 Å². The maximum Gasteiger partial charge on any atom is 0.322 e. The largest absolute Gasteiger partial charge is 0.322 e. The first-order valence-corrected chi connectivity index (χ1v) is 8.02. The number of aryl methyl sites for hydroxylation is 1. The number of hydrogen-bond donors (Lipinski definition) is 1. The average Bonchev–Trinajstić information content (AvgIpc) is 3.01. The number of hydrogen-bond acceptors (Lipinski definition) is 1. The molecular weight excluding hydrogens is 315 g/mol. The van der Waals surface area contributed by atoms with Crippen molar-refractivity contribution in [3.63, 3.8) is 0 Å². The van der Waals surface area contributed by atoms with Gasteiger partial charge < -0.3 is 10.2 Å². The van der Waals surface area contributed by atoms with Crippen molar-refractivity contribution in [2.45, 2.75) is 25.8 Å². The van der Waals surface area contributed by atoms with Crippen molar-refractivity contribution >= 4 is 23.3 Å². The summed E-state index contributed by atoms with van der Waals surface area (Å²) in [5.41, 5.74) is 2.86. The Hall–Kier alpha value is -2.07. The Morgan fingerprint density at radius 1 is 1.30 bits per heavy atom. The van der Waals surface area contributed by atoms with Crippen LogP contribution in [0.25, 0.3) is 0 Å². The maximum atomic E-state index is 13.2. The van der Waals surface area contributed by atoms with E-state index in [1.54, 1.807) is 0 Å². The first-order valence-electron chi connectivity index (χ1n) is 7.64. The van der Waals surface area contributed by atoms with Crippen LogP contribution in [0, 0.1) is 12.7 Å². The SMILES string of the molecule is Cc1ccccc1[C@H]1CCCN1C(=O)Nc1ccc(F)c(Cl)c1. The van der Waals surface area contributed by atoms with Crippen molar-refractivity contribution in [3.8, 4) is 0 Å². The van der Waals surface area contributed by atoms with E-state index in [-0.39, 0.29) is 17.1 Å². The van der Waals surface area contributed by atoms with E-state index in [0.717, 1.165) is 12.8 Å². The molecule has 5 heteroatoms. The Balaban J connectivity index is 1.78. The summed E-state index contributed by atoms with van der Waals surface area (Å²) in [4.78, 5) is 14.4. The highest BCUT2D eigenvalue weighted by Crippen LogP contribution is 2.34. The third-order valence-electron chi connectivity index (χ3n) is 4.23. The summed E-state index contributed by atoms with van der Waals surface area (Å²) >= 11 is 5.76. The van der Waals surface area contributed by atoms with Crippen LogP contribution in [-0.2, 0) is 0 Å². The molecule has 1 fully saturated rings. The Morgan fingerprint density at radius 3 is 2.83 bits per heavy atom. The summed E-state index contributed by atoms with van der Waals surface area (Å²) in [6, 6.07) is 12.2. The number of amides is 2. The van der Waals surface area contributed by atoms with Crippen LogP contribution in [0.4, 0.5) is 14.9 Å². The van der Waals surface area contributed by atoms with E-state index in [0.29, 0.717) is 12.2 Å². The smallest absolute Gasteiger partial charge is 0.317 e. The molecule has 1 aliphatic rings. The summed E-state index contributed by atoms with van der Waals surface area (Å²) in [5.74, 6) is -0.497. The molecule has 0 aromatic heterocycles. The number of benzene rings is 2. The van der Waals surface area contributed by atoms with Crippen LogP contribution in [0.1, 0.15) is 30.0 Å². The summed E-state index contributed by atoms with van der Waals surface area (Å²) in [7, 11) is 0. The van der Waals surface area contributed by atoms with Gasteiger partial charge in [-0.2, -0.15) is 0 Å². The molecular formula is C18H18ClFN2O. The van der Waals surface area contributed by atoms with Gasteiger partial charge in [0, 0.05) is 12.2 Å². The molecule has 2 amide bonds. The molecule has 1 atom stereocenters. The summed E-state index contributed by atoms with van der Waals surface area (Å²) in [5, 5.41) is 2.81. The van der Waals surface area contributed by atoms with Crippen LogP contribution in [-0.4, -0.2) is 17.5 Å². The van der Waals surface area contributed by atoms with Crippen molar-refractivity contribution in [2.75, 3.05) is 11.9 Å². The molecule has 0 unspecified atom stereocenters. The highest BCUT2D eigenvalue weighted by molar-refractivity contribution is 6.31. The fourth-order valence-electron chi connectivity index (χ4n) is 3.06. The molecule has 1 heterocycles. The zero-order valence-corrected chi connectivity index (χ0v) is 13.6. The highest BCUT2D eigenvalue weighted by atomic mass is 35.5. The first-order chi connectivity index (χ1) is 11.1. The molecule has 0 spiro atoms. The van der Waals surface area contributed by atoms with E-state index in [4.69, 9.17) is 11.6 Å². The van der Waals surface area contributed by atoms with E-state index >= 15 is 0 Å². The minimum Gasteiger partial charge on any atom is -0.317 e. The highest BCUT2D eigenvalue weighted by Gasteiger charge is 2.30. The van der Waals surface area contributed by atoms with Crippen LogP contribution < -0.4 is 5.32 Å². The molecule has 1 saturated heterocycles. The Morgan fingerprint density at radius 2 is 2.09 bits per heavy atom. The lowest BCUT2D eigenvalue weighted by molar-refractivity contribution is 0.207. The van der Waals surface area contributed by atoms with Gasteiger partial charge in [-0.1, -0.05) is 35.9 Å². The predicted octanol–water partition coefficient (Wildman–Crippen LogP) is 5.16. The second kappa shape index (κ2) is 6.59. The van der Waals surface area contributed by atoms with E-state index in [9.17, 15) is 9.18 Å². The molecule has 120 valence electrons. The molecule has 23 heavy (non-hydrogen) atoms. The van der Waals surface area contributed by atoms with Gasteiger partial charge in [0.05, 0.1) is 11.1 Å². The number of nitrogens with zero attached hydrogens (tertiary/aromatic N) is 1. The van der Waals surface area contributed by atoms with Gasteiger partial charge in [0.15, 0.2) is 0 Å². The van der Waals surface area contributed by atoms with Crippen molar-refractivity contribution in [3.05, 3.63) is 64.4 Å². The third kappa shape index (κ3) is 3.32. The Kier molecular flexibility index (Phi) is 4.53. The number of likely N-dealkylation sites (tertiary alicyclic amines) is 1. The molecule has 0 saturated carbocycles. The topological polar surface area (TPSA) is 32.3 Å². The van der Waals surface area contributed by atoms with E-state index in [1.807, 2.05) is 17.0 Å². The van der Waals surface area contributed by atoms with Gasteiger partial charge in [-0.3, -0.25) is 0 Å². The van der Waals surface area contributed by atoms with E-state index < -0.39 is 5.82 Å². The fourth-order valence-corrected chi connectivity index (χ4v) is 3.24. The quantitative estimate of drug-likeness (QED) is 0.809. The minimum absolute atomic E-state index is 0.000300. The summed E-state index contributed by atoms with van der Waals surface area (Å²) in [6.07, 6.45) is 1.92. The third-order valence-corrected chi connectivity index (χ3v) is 4.52. The number of carbonyl (C=O) groups excluding carboxylic acids is 1. The number of halogens is 2.